The maximum absolute atomic E-state index is 13.9. The molecular formula is C27H36BrN6O8P. The molecule has 0 spiro atoms. The number of halogens is 1. The number of nitrogens with two attached hydrogens (primary N) is 1. The fourth-order valence-electron chi connectivity index (χ4n) is 4.57. The third kappa shape index (κ3) is 7.35. The molecule has 2 aromatic heterocycles. The number of para-hydroxylation sites is 1. The highest BCUT2D eigenvalue weighted by Crippen LogP contribution is 2.47. The van der Waals surface area contributed by atoms with Gasteiger partial charge in [-0.2, -0.15) is 15.4 Å². The van der Waals surface area contributed by atoms with Gasteiger partial charge in [-0.05, 0) is 37.1 Å². The van der Waals surface area contributed by atoms with Crippen LogP contribution in [0.2, 0.25) is 0 Å². The molecule has 1 aliphatic rings. The molecular weight excluding hydrogens is 647 g/mol. The van der Waals surface area contributed by atoms with Crippen molar-refractivity contribution in [3.8, 4) is 11.8 Å². The molecule has 0 bridgehead atoms. The Morgan fingerprint density at radius 3 is 2.60 bits per heavy atom. The van der Waals surface area contributed by atoms with Crippen molar-refractivity contribution in [3.05, 3.63) is 54.5 Å². The molecule has 1 fully saturated rings. The lowest BCUT2D eigenvalue weighted by Crippen LogP contribution is -2.41. The average Bonchev–Trinajstić information content (AvgIpc) is 3.53. The first-order chi connectivity index (χ1) is 20.1. The number of anilines is 1. The molecule has 0 radical (unpaired) electrons. The van der Waals surface area contributed by atoms with Gasteiger partial charge in [0.25, 0.3) is 0 Å². The number of hydrogen-bond acceptors (Lipinski definition) is 12. The van der Waals surface area contributed by atoms with Gasteiger partial charge in [-0.25, -0.2) is 14.1 Å². The molecule has 0 saturated carbocycles. The van der Waals surface area contributed by atoms with Crippen LogP contribution in [-0.2, 0) is 29.0 Å². The van der Waals surface area contributed by atoms with Crippen molar-refractivity contribution in [1.29, 1.82) is 5.26 Å². The minimum atomic E-state index is -4.32. The number of carbonyl (C=O) groups is 1. The molecule has 1 aromatic carbocycles. The van der Waals surface area contributed by atoms with Crippen molar-refractivity contribution in [2.45, 2.75) is 63.6 Å². The minimum absolute atomic E-state index is 0. The van der Waals surface area contributed by atoms with Crippen molar-refractivity contribution >= 4 is 42.0 Å². The molecule has 0 amide bonds. The monoisotopic (exact) mass is 682 g/mol. The molecule has 0 unspecified atom stereocenters. The maximum Gasteiger partial charge on any atom is 0.459 e. The summed E-state index contributed by atoms with van der Waals surface area (Å²) in [4.78, 5) is 16.6. The Morgan fingerprint density at radius 2 is 1.95 bits per heavy atom. The van der Waals surface area contributed by atoms with Gasteiger partial charge < -0.3 is 29.9 Å². The summed E-state index contributed by atoms with van der Waals surface area (Å²) in [7, 11) is -4.32. The van der Waals surface area contributed by atoms with Gasteiger partial charge in [0.1, 0.15) is 48.0 Å². The summed E-state index contributed by atoms with van der Waals surface area (Å²) < 4.78 is 37.8. The second-order valence-electron chi connectivity index (χ2n) is 9.96. The van der Waals surface area contributed by atoms with Gasteiger partial charge in [-0.3, -0.25) is 9.32 Å². The summed E-state index contributed by atoms with van der Waals surface area (Å²) in [5, 5.41) is 38.7. The van der Waals surface area contributed by atoms with Crippen LogP contribution in [0.15, 0.2) is 48.8 Å². The number of nitrogen functional groups attached to an aromatic ring is 1. The highest BCUT2D eigenvalue weighted by molar-refractivity contribution is 8.93. The van der Waals surface area contributed by atoms with Crippen molar-refractivity contribution in [1.82, 2.24) is 19.7 Å². The van der Waals surface area contributed by atoms with Crippen molar-refractivity contribution in [3.63, 3.8) is 0 Å². The Hall–Kier alpha value is -3.09. The zero-order valence-corrected chi connectivity index (χ0v) is 26.5. The van der Waals surface area contributed by atoms with Crippen LogP contribution in [0, 0.1) is 17.2 Å². The zero-order chi connectivity index (χ0) is 30.5. The molecule has 0 aliphatic carbocycles. The first-order valence-electron chi connectivity index (χ1n) is 13.5. The van der Waals surface area contributed by atoms with Crippen LogP contribution in [0.5, 0.6) is 5.75 Å². The fourth-order valence-corrected chi connectivity index (χ4v) is 6.07. The minimum Gasteiger partial charge on any atom is -0.464 e. The van der Waals surface area contributed by atoms with E-state index in [0.717, 1.165) is 12.8 Å². The molecule has 1 aliphatic heterocycles. The smallest absolute Gasteiger partial charge is 0.459 e. The van der Waals surface area contributed by atoms with Gasteiger partial charge in [0.05, 0.1) is 18.9 Å². The Balaban J connectivity index is 0.00000506. The average molecular weight is 683 g/mol. The highest BCUT2D eigenvalue weighted by Gasteiger charge is 2.58. The molecule has 5 N–H and O–H groups in total. The van der Waals surface area contributed by atoms with Crippen LogP contribution in [0.25, 0.3) is 5.52 Å². The van der Waals surface area contributed by atoms with Crippen LogP contribution >= 0.6 is 24.7 Å². The highest BCUT2D eigenvalue weighted by atomic mass is 79.9. The van der Waals surface area contributed by atoms with Crippen molar-refractivity contribution in [2.75, 3.05) is 18.9 Å². The molecule has 6 atom stereocenters. The summed E-state index contributed by atoms with van der Waals surface area (Å²) >= 11 is 0. The molecule has 3 aromatic rings. The van der Waals surface area contributed by atoms with Crippen LogP contribution in [0.1, 0.15) is 39.3 Å². The van der Waals surface area contributed by atoms with Gasteiger partial charge >= 0.3 is 13.7 Å². The maximum atomic E-state index is 13.9. The molecule has 234 valence electrons. The van der Waals surface area contributed by atoms with Crippen LogP contribution in [0.4, 0.5) is 5.82 Å². The molecule has 16 heteroatoms. The Morgan fingerprint density at radius 1 is 1.26 bits per heavy atom. The summed E-state index contributed by atoms with van der Waals surface area (Å²) in [6.07, 6.45) is -1.87. The topological polar surface area (TPSA) is 204 Å². The predicted molar refractivity (Wildman–Crippen MR) is 160 cm³/mol. The lowest BCUT2D eigenvalue weighted by Gasteiger charge is -2.25. The van der Waals surface area contributed by atoms with E-state index in [4.69, 9.17) is 24.3 Å². The van der Waals surface area contributed by atoms with E-state index in [2.05, 4.69) is 15.2 Å². The van der Waals surface area contributed by atoms with E-state index in [9.17, 15) is 24.8 Å². The number of aliphatic hydroxyl groups excluding tert-OH is 2. The van der Waals surface area contributed by atoms with Crippen molar-refractivity contribution in [2.24, 2.45) is 5.92 Å². The Kier molecular flexibility index (Phi) is 11.7. The number of nitrogens with zero attached hydrogens (tertiary/aromatic N) is 4. The van der Waals surface area contributed by atoms with Crippen LogP contribution in [0.3, 0.4) is 0 Å². The van der Waals surface area contributed by atoms with Gasteiger partial charge in [0.2, 0.25) is 5.60 Å². The second kappa shape index (κ2) is 14.6. The van der Waals surface area contributed by atoms with Gasteiger partial charge in [0, 0.05) is 0 Å². The quantitative estimate of drug-likeness (QED) is 0.151. The number of rotatable bonds is 13. The number of aromatic nitrogens is 3. The number of nitrogens with one attached hydrogen (secondary N) is 1. The third-order valence-corrected chi connectivity index (χ3v) is 8.83. The number of ether oxygens (including phenoxy) is 2. The first kappa shape index (κ1) is 34.4. The SMILES string of the molecule is Br.CCC(CC)COC(=O)[C@H](C)N[P@](=O)(OC[C@H]1O[C@@](C#N)(c2ccc3c(N)ncnn23)[C@H](O)[C@@H]1O)Oc1ccccc1. The molecule has 14 nitrogen and oxygen atoms in total. The van der Waals surface area contributed by atoms with E-state index < -0.39 is 50.3 Å². The van der Waals surface area contributed by atoms with E-state index in [1.165, 1.54) is 23.8 Å². The van der Waals surface area contributed by atoms with Crippen LogP contribution in [-0.4, -0.2) is 68.3 Å². The summed E-state index contributed by atoms with van der Waals surface area (Å²) in [6, 6.07) is 12.0. The Labute approximate surface area is 259 Å². The normalized spacial score (nSPS) is 23.7. The van der Waals surface area contributed by atoms with E-state index in [-0.39, 0.29) is 46.8 Å². The van der Waals surface area contributed by atoms with E-state index in [1.807, 2.05) is 19.9 Å². The number of esters is 1. The van der Waals surface area contributed by atoms with Gasteiger partial charge in [-0.1, -0.05) is 44.9 Å². The number of fused-ring (bicyclic) bond motifs is 1. The zero-order valence-electron chi connectivity index (χ0n) is 23.9. The number of aliphatic hydroxyl groups is 2. The largest absolute Gasteiger partial charge is 0.464 e. The lowest BCUT2D eigenvalue weighted by molar-refractivity contribution is -0.146. The molecule has 1 saturated heterocycles. The number of benzene rings is 1. The molecule has 43 heavy (non-hydrogen) atoms. The van der Waals surface area contributed by atoms with Gasteiger partial charge in [-0.15, -0.1) is 17.0 Å². The van der Waals surface area contributed by atoms with Gasteiger partial charge in [0.15, 0.2) is 5.82 Å². The van der Waals surface area contributed by atoms with Crippen LogP contribution < -0.4 is 15.3 Å². The Bertz CT molecular complexity index is 1470. The second-order valence-corrected chi connectivity index (χ2v) is 11.7. The molecule has 3 heterocycles. The molecule has 4 rings (SSSR count). The third-order valence-electron chi connectivity index (χ3n) is 7.19. The van der Waals surface area contributed by atoms with Crippen molar-refractivity contribution < 1.29 is 38.1 Å². The number of hydrogen-bond donors (Lipinski definition) is 4. The number of nitriles is 1. The van der Waals surface area contributed by atoms with E-state index in [1.54, 1.807) is 36.4 Å². The predicted octanol–water partition coefficient (Wildman–Crippen LogP) is 2.89. The summed E-state index contributed by atoms with van der Waals surface area (Å²) in [5.41, 5.74) is 4.28. The first-order valence-corrected chi connectivity index (χ1v) is 15.1. The van der Waals surface area contributed by atoms with E-state index >= 15 is 0 Å². The fraction of sp³-hybridized carbons (Fsp3) is 0.481. The summed E-state index contributed by atoms with van der Waals surface area (Å²) in [5.74, 6) is -0.143. The standard InChI is InChI=1S/C27H35N6O8P.BrH/c1-4-18(5-2)13-38-26(36)17(3)32-42(37,41-19-9-7-6-8-10-19)39-14-21-23(34)24(35)27(15-28,40-21)22-12-11-20-25(29)30-16-31-33(20)22;/h6-12,16-18,21,23-24,34-35H,4-5,13-14H2,1-3H3,(H,32,37)(H2,29,30,31);1H/t17-,21+,23+,24+,27-,42-;/m0./s1. The lowest BCUT2D eigenvalue weighted by atomic mass is 9.92. The van der Waals surface area contributed by atoms with E-state index in [0.29, 0.717) is 5.52 Å². The number of carbonyl (C=O) groups excluding carboxylic acids is 1. The summed E-state index contributed by atoms with van der Waals surface area (Å²) in [6.45, 7) is 5.08.